The number of fused-ring (bicyclic) bond motifs is 1. The van der Waals surface area contributed by atoms with E-state index in [4.69, 9.17) is 16.3 Å². The highest BCUT2D eigenvalue weighted by Crippen LogP contribution is 2.43. The second-order valence-corrected chi connectivity index (χ2v) is 4.80. The van der Waals surface area contributed by atoms with Crippen LogP contribution in [0.4, 0.5) is 0 Å². The minimum atomic E-state index is -0.347. The van der Waals surface area contributed by atoms with Crippen LogP contribution in [0, 0.1) is 0 Å². The number of hydrogen-bond acceptors (Lipinski definition) is 2. The second kappa shape index (κ2) is 5.08. The summed E-state index contributed by atoms with van der Waals surface area (Å²) in [5, 5.41) is 10.1. The van der Waals surface area contributed by atoms with Gasteiger partial charge in [0.05, 0.1) is 11.6 Å². The van der Waals surface area contributed by atoms with Crippen LogP contribution in [0.3, 0.4) is 0 Å². The summed E-state index contributed by atoms with van der Waals surface area (Å²) in [5.74, 6) is 0.754. The third-order valence-electron chi connectivity index (χ3n) is 3.24. The summed E-state index contributed by atoms with van der Waals surface area (Å²) < 4.78 is 5.96. The molecule has 0 saturated heterocycles. The Labute approximate surface area is 116 Å². The van der Waals surface area contributed by atoms with Gasteiger partial charge in [0.1, 0.15) is 5.75 Å². The molecule has 2 aromatic carbocycles. The van der Waals surface area contributed by atoms with Gasteiger partial charge in [-0.15, -0.1) is 0 Å². The third-order valence-corrected chi connectivity index (χ3v) is 3.66. The summed E-state index contributed by atoms with van der Waals surface area (Å²) in [6, 6.07) is 17.4. The Morgan fingerprint density at radius 3 is 2.42 bits per heavy atom. The molecule has 19 heavy (non-hydrogen) atoms. The number of hydrogen-bond donors (Lipinski definition) is 1. The van der Waals surface area contributed by atoms with Crippen molar-refractivity contribution in [2.45, 2.75) is 6.10 Å². The molecule has 0 fully saturated rings. The fourth-order valence-corrected chi connectivity index (χ4v) is 2.62. The number of halogens is 1. The minimum Gasteiger partial charge on any atom is -0.479 e. The van der Waals surface area contributed by atoms with E-state index in [1.807, 2.05) is 54.6 Å². The van der Waals surface area contributed by atoms with Crippen molar-refractivity contribution in [3.63, 3.8) is 0 Å². The van der Waals surface area contributed by atoms with Crippen molar-refractivity contribution in [2.24, 2.45) is 0 Å². The van der Waals surface area contributed by atoms with E-state index < -0.39 is 0 Å². The molecule has 0 aromatic heterocycles. The molecule has 96 valence electrons. The van der Waals surface area contributed by atoms with E-state index in [0.29, 0.717) is 5.03 Å². The summed E-state index contributed by atoms with van der Waals surface area (Å²) in [6.07, 6.45) is -0.347. The van der Waals surface area contributed by atoms with Gasteiger partial charge in [0.2, 0.25) is 0 Å². The summed E-state index contributed by atoms with van der Waals surface area (Å²) >= 11 is 6.41. The molecular weight excluding hydrogens is 260 g/mol. The van der Waals surface area contributed by atoms with Crippen molar-refractivity contribution in [3.05, 3.63) is 70.8 Å². The predicted molar refractivity (Wildman–Crippen MR) is 76.1 cm³/mol. The van der Waals surface area contributed by atoms with Crippen molar-refractivity contribution in [1.82, 2.24) is 0 Å². The van der Waals surface area contributed by atoms with Gasteiger partial charge in [-0.2, -0.15) is 0 Å². The first-order valence-electron chi connectivity index (χ1n) is 6.11. The van der Waals surface area contributed by atoms with Crippen LogP contribution >= 0.6 is 11.6 Å². The zero-order chi connectivity index (χ0) is 13.2. The molecule has 0 saturated carbocycles. The van der Waals surface area contributed by atoms with E-state index >= 15 is 0 Å². The second-order valence-electron chi connectivity index (χ2n) is 4.39. The number of ether oxygens (including phenoxy) is 1. The molecule has 0 bridgehead atoms. The molecule has 1 atom stereocenters. The van der Waals surface area contributed by atoms with Crippen LogP contribution in [-0.2, 0) is 0 Å². The van der Waals surface area contributed by atoms with E-state index in [9.17, 15) is 5.11 Å². The Morgan fingerprint density at radius 1 is 1.00 bits per heavy atom. The smallest absolute Gasteiger partial charge is 0.160 e. The largest absolute Gasteiger partial charge is 0.479 e. The fourth-order valence-electron chi connectivity index (χ4n) is 2.29. The van der Waals surface area contributed by atoms with Gasteiger partial charge in [-0.25, -0.2) is 0 Å². The van der Waals surface area contributed by atoms with E-state index in [1.165, 1.54) is 0 Å². The average Bonchev–Trinajstić information content (AvgIpc) is 2.47. The maximum absolute atomic E-state index is 9.58. The molecule has 0 aliphatic carbocycles. The van der Waals surface area contributed by atoms with E-state index in [-0.39, 0.29) is 12.7 Å². The number of aliphatic hydroxyl groups excluding tert-OH is 1. The van der Waals surface area contributed by atoms with Gasteiger partial charge in [0.25, 0.3) is 0 Å². The topological polar surface area (TPSA) is 29.5 Å². The van der Waals surface area contributed by atoms with Crippen LogP contribution in [0.25, 0.3) is 5.57 Å². The molecule has 1 aliphatic rings. The van der Waals surface area contributed by atoms with Gasteiger partial charge in [-0.05, 0) is 11.6 Å². The summed E-state index contributed by atoms with van der Waals surface area (Å²) in [6.45, 7) is -0.0947. The van der Waals surface area contributed by atoms with Gasteiger partial charge < -0.3 is 9.84 Å². The predicted octanol–water partition coefficient (Wildman–Crippen LogP) is 3.76. The molecule has 0 spiro atoms. The molecule has 0 radical (unpaired) electrons. The van der Waals surface area contributed by atoms with Crippen molar-refractivity contribution in [3.8, 4) is 5.75 Å². The van der Waals surface area contributed by atoms with Crippen LogP contribution in [0.1, 0.15) is 17.2 Å². The van der Waals surface area contributed by atoms with Crippen LogP contribution in [0.15, 0.2) is 59.6 Å². The third kappa shape index (κ3) is 2.14. The molecule has 3 rings (SSSR count). The zero-order valence-electron chi connectivity index (χ0n) is 10.2. The standard InChI is InChI=1S/C16H13ClO2/c17-15-13(10-18)12-8-4-5-9-14(12)19-16(15)11-6-2-1-3-7-11/h1-9,16,18H,10H2. The number of rotatable bonds is 2. The lowest BCUT2D eigenvalue weighted by molar-refractivity contribution is 0.242. The van der Waals surface area contributed by atoms with Crippen LogP contribution in [0.2, 0.25) is 0 Å². The first-order valence-corrected chi connectivity index (χ1v) is 6.49. The number of para-hydroxylation sites is 1. The molecule has 1 N–H and O–H groups in total. The Hall–Kier alpha value is -1.77. The molecule has 1 unspecified atom stereocenters. The van der Waals surface area contributed by atoms with Crippen LogP contribution < -0.4 is 4.74 Å². The van der Waals surface area contributed by atoms with Crippen molar-refractivity contribution in [2.75, 3.05) is 6.61 Å². The molecule has 2 aromatic rings. The molecule has 1 heterocycles. The van der Waals surface area contributed by atoms with Gasteiger partial charge in [-0.3, -0.25) is 0 Å². The lowest BCUT2D eigenvalue weighted by Crippen LogP contribution is -2.16. The first kappa shape index (κ1) is 12.3. The maximum atomic E-state index is 9.58. The van der Waals surface area contributed by atoms with Gasteiger partial charge in [-0.1, -0.05) is 60.1 Å². The highest BCUT2D eigenvalue weighted by Gasteiger charge is 2.28. The molecular formula is C16H13ClO2. The number of aliphatic hydroxyl groups is 1. The summed E-state index contributed by atoms with van der Waals surface area (Å²) in [5.41, 5.74) is 2.58. The van der Waals surface area contributed by atoms with Crippen molar-refractivity contribution < 1.29 is 9.84 Å². The van der Waals surface area contributed by atoms with E-state index in [2.05, 4.69) is 0 Å². The lowest BCUT2D eigenvalue weighted by atomic mass is 9.97. The van der Waals surface area contributed by atoms with E-state index in [1.54, 1.807) is 0 Å². The molecule has 2 nitrogen and oxygen atoms in total. The summed E-state index contributed by atoms with van der Waals surface area (Å²) in [4.78, 5) is 0. The SMILES string of the molecule is OCC1=C(Cl)C(c2ccccc2)Oc2ccccc21. The first-order chi connectivity index (χ1) is 9.31. The zero-order valence-corrected chi connectivity index (χ0v) is 11.0. The lowest BCUT2D eigenvalue weighted by Gasteiger charge is -2.28. The molecule has 1 aliphatic heterocycles. The number of benzene rings is 2. The minimum absolute atomic E-state index is 0.0947. The fraction of sp³-hybridized carbons (Fsp3) is 0.125. The van der Waals surface area contributed by atoms with Crippen molar-refractivity contribution in [1.29, 1.82) is 0 Å². The van der Waals surface area contributed by atoms with Gasteiger partial charge in [0, 0.05) is 11.1 Å². The maximum Gasteiger partial charge on any atom is 0.160 e. The quantitative estimate of drug-likeness (QED) is 0.902. The Morgan fingerprint density at radius 2 is 1.68 bits per heavy atom. The van der Waals surface area contributed by atoms with E-state index in [0.717, 1.165) is 22.4 Å². The highest BCUT2D eigenvalue weighted by atomic mass is 35.5. The van der Waals surface area contributed by atoms with Gasteiger partial charge in [0.15, 0.2) is 6.10 Å². The highest BCUT2D eigenvalue weighted by molar-refractivity contribution is 6.33. The molecule has 3 heteroatoms. The normalized spacial score (nSPS) is 17.9. The average molecular weight is 273 g/mol. The molecule has 0 amide bonds. The Kier molecular flexibility index (Phi) is 3.28. The van der Waals surface area contributed by atoms with Gasteiger partial charge >= 0.3 is 0 Å². The Bertz CT molecular complexity index is 620. The van der Waals surface area contributed by atoms with Crippen LogP contribution in [0.5, 0.6) is 5.75 Å². The van der Waals surface area contributed by atoms with Crippen molar-refractivity contribution >= 4 is 17.2 Å². The van der Waals surface area contributed by atoms with Crippen LogP contribution in [-0.4, -0.2) is 11.7 Å². The monoisotopic (exact) mass is 272 g/mol. The Balaban J connectivity index is 2.12. The summed E-state index contributed by atoms with van der Waals surface area (Å²) in [7, 11) is 0.